The molecule has 0 N–H and O–H groups in total. The Bertz CT molecular complexity index is 3170. The minimum Gasteiger partial charge on any atom is -0.457 e. The molecule has 5 nitrogen and oxygen atoms in total. The molecule has 0 fully saturated rings. The highest BCUT2D eigenvalue weighted by atomic mass is 16.5. The van der Waals surface area contributed by atoms with Crippen LogP contribution in [-0.4, -0.2) is 15.0 Å². The molecule has 1 unspecified atom stereocenters. The van der Waals surface area contributed by atoms with Crippen LogP contribution in [-0.2, 0) is 5.41 Å². The lowest BCUT2D eigenvalue weighted by molar-refractivity contribution is 0.435. The summed E-state index contributed by atoms with van der Waals surface area (Å²) in [6.07, 6.45) is 3.60. The monoisotopic (exact) mass is 729 g/mol. The van der Waals surface area contributed by atoms with Crippen LogP contribution in [0.5, 0.6) is 11.5 Å². The molecule has 1 aliphatic carbocycles. The molecule has 5 heteroatoms. The average molecular weight is 730 g/mol. The Morgan fingerprint density at radius 3 is 1.91 bits per heavy atom. The van der Waals surface area contributed by atoms with Crippen LogP contribution in [0.25, 0.3) is 78.1 Å². The molecule has 57 heavy (non-hydrogen) atoms. The number of nitrogens with zero attached hydrogens (tertiary/aromatic N) is 3. The van der Waals surface area contributed by atoms with Crippen molar-refractivity contribution in [3.05, 3.63) is 211 Å². The van der Waals surface area contributed by atoms with Gasteiger partial charge in [0, 0.05) is 51.0 Å². The first kappa shape index (κ1) is 31.7. The summed E-state index contributed by atoms with van der Waals surface area (Å²) in [4.78, 5) is 14.7. The number of hydrogen-bond acceptors (Lipinski definition) is 5. The van der Waals surface area contributed by atoms with E-state index < -0.39 is 5.41 Å². The van der Waals surface area contributed by atoms with Gasteiger partial charge in [0.15, 0.2) is 5.82 Å². The van der Waals surface area contributed by atoms with E-state index in [-0.39, 0.29) is 0 Å². The molecule has 10 aromatic rings. The third kappa shape index (κ3) is 4.66. The fourth-order valence-electron chi connectivity index (χ4n) is 9.21. The Kier molecular flexibility index (Phi) is 6.78. The van der Waals surface area contributed by atoms with Gasteiger partial charge in [-0.25, -0.2) is 9.97 Å². The van der Waals surface area contributed by atoms with Crippen LogP contribution < -0.4 is 4.74 Å². The summed E-state index contributed by atoms with van der Waals surface area (Å²) in [5, 5.41) is 2.08. The van der Waals surface area contributed by atoms with Gasteiger partial charge < -0.3 is 9.15 Å². The summed E-state index contributed by atoms with van der Waals surface area (Å²) >= 11 is 0. The van der Waals surface area contributed by atoms with Crippen molar-refractivity contribution in [2.45, 2.75) is 5.41 Å². The smallest absolute Gasteiger partial charge is 0.161 e. The second-order valence-electron chi connectivity index (χ2n) is 14.7. The number of aromatic nitrogens is 3. The summed E-state index contributed by atoms with van der Waals surface area (Å²) in [5.74, 6) is 2.24. The molecule has 12 rings (SSSR count). The van der Waals surface area contributed by atoms with Crippen LogP contribution in [0.15, 0.2) is 193 Å². The second-order valence-corrected chi connectivity index (χ2v) is 14.7. The van der Waals surface area contributed by atoms with E-state index in [1.54, 1.807) is 6.20 Å². The molecule has 2 aliphatic rings. The highest BCUT2D eigenvalue weighted by Gasteiger charge is 2.49. The van der Waals surface area contributed by atoms with E-state index in [9.17, 15) is 0 Å². The second kappa shape index (κ2) is 12.2. The van der Waals surface area contributed by atoms with Crippen LogP contribution >= 0.6 is 0 Å². The first-order valence-corrected chi connectivity index (χ1v) is 19.2. The topological polar surface area (TPSA) is 61.0 Å². The van der Waals surface area contributed by atoms with Crippen molar-refractivity contribution in [1.82, 2.24) is 15.0 Å². The van der Waals surface area contributed by atoms with Gasteiger partial charge in [-0.05, 0) is 81.9 Å². The SMILES string of the molecule is c1ccc(-c2cc(-c3ccc4c(c3)C3(c5ccccc5Oc5cc6c(cc53)oc3ccccc36)c3ccccc3-c3ccccc3-4)nc(-c3cccnc3)n2)cc1. The van der Waals surface area contributed by atoms with Gasteiger partial charge in [0.1, 0.15) is 22.7 Å². The van der Waals surface area contributed by atoms with Crippen molar-refractivity contribution >= 4 is 21.9 Å². The molecule has 4 heterocycles. The largest absolute Gasteiger partial charge is 0.457 e. The van der Waals surface area contributed by atoms with Crippen LogP contribution in [0.3, 0.4) is 0 Å². The molecule has 3 aromatic heterocycles. The summed E-state index contributed by atoms with van der Waals surface area (Å²) < 4.78 is 13.6. The Balaban J connectivity index is 1.22. The zero-order valence-electron chi connectivity index (χ0n) is 30.6. The lowest BCUT2D eigenvalue weighted by Gasteiger charge is -2.42. The Morgan fingerprint density at radius 1 is 0.404 bits per heavy atom. The van der Waals surface area contributed by atoms with Crippen LogP contribution in [0, 0.1) is 0 Å². The molecular formula is C52H31N3O2. The summed E-state index contributed by atoms with van der Waals surface area (Å²) in [5.41, 5.74) is 14.4. The molecule has 0 radical (unpaired) electrons. The van der Waals surface area contributed by atoms with Gasteiger partial charge in [-0.3, -0.25) is 4.98 Å². The number of ether oxygens (including phenoxy) is 1. The third-order valence-electron chi connectivity index (χ3n) is 11.7. The van der Waals surface area contributed by atoms with Gasteiger partial charge in [-0.15, -0.1) is 0 Å². The maximum Gasteiger partial charge on any atom is 0.161 e. The average Bonchev–Trinajstić information content (AvgIpc) is 3.60. The molecular weight excluding hydrogens is 699 g/mol. The number of pyridine rings is 1. The molecule has 1 atom stereocenters. The Hall–Kier alpha value is -7.63. The molecule has 1 spiro atoms. The predicted molar refractivity (Wildman–Crippen MR) is 226 cm³/mol. The molecule has 266 valence electrons. The zero-order chi connectivity index (χ0) is 37.5. The summed E-state index contributed by atoms with van der Waals surface area (Å²) in [6, 6.07) is 61.9. The first-order valence-electron chi connectivity index (χ1n) is 19.2. The van der Waals surface area contributed by atoms with Crippen molar-refractivity contribution < 1.29 is 9.15 Å². The van der Waals surface area contributed by atoms with Crippen molar-refractivity contribution in [3.63, 3.8) is 0 Å². The Morgan fingerprint density at radius 2 is 1.09 bits per heavy atom. The van der Waals surface area contributed by atoms with Crippen LogP contribution in [0.1, 0.15) is 22.3 Å². The van der Waals surface area contributed by atoms with Gasteiger partial charge in [-0.2, -0.15) is 0 Å². The van der Waals surface area contributed by atoms with E-state index >= 15 is 0 Å². The number of rotatable bonds is 3. The fraction of sp³-hybridized carbons (Fsp3) is 0.0192. The van der Waals surface area contributed by atoms with E-state index in [0.29, 0.717) is 5.82 Å². The van der Waals surface area contributed by atoms with E-state index in [2.05, 4.69) is 138 Å². The standard InChI is InChI=1S/C52H31N3O2/c1-2-13-32(14-3-1)45-30-46(55-51(54-45)34-15-12-26-53-31-34)33-24-25-38-36-17-5-4-16-35(36)37-18-6-8-20-41(37)52(43(38)27-33)42-21-9-11-23-48(42)57-50-28-40-39-19-7-10-22-47(39)56-49(40)29-44(50)52/h1-31H. The minimum atomic E-state index is -0.820. The summed E-state index contributed by atoms with van der Waals surface area (Å²) in [6.45, 7) is 0. The number of hydrogen-bond donors (Lipinski definition) is 0. The lowest BCUT2D eigenvalue weighted by Crippen LogP contribution is -2.34. The number of furan rings is 1. The van der Waals surface area contributed by atoms with E-state index in [0.717, 1.165) is 83.8 Å². The van der Waals surface area contributed by atoms with Gasteiger partial charge in [0.05, 0.1) is 16.8 Å². The van der Waals surface area contributed by atoms with Gasteiger partial charge in [0.2, 0.25) is 0 Å². The van der Waals surface area contributed by atoms with Crippen molar-refractivity contribution in [1.29, 1.82) is 0 Å². The molecule has 0 amide bonds. The fourth-order valence-corrected chi connectivity index (χ4v) is 9.21. The van der Waals surface area contributed by atoms with Crippen LogP contribution in [0.2, 0.25) is 0 Å². The summed E-state index contributed by atoms with van der Waals surface area (Å²) in [7, 11) is 0. The zero-order valence-corrected chi connectivity index (χ0v) is 30.6. The van der Waals surface area contributed by atoms with E-state index in [1.807, 2.05) is 48.7 Å². The van der Waals surface area contributed by atoms with Crippen LogP contribution in [0.4, 0.5) is 0 Å². The highest BCUT2D eigenvalue weighted by Crippen LogP contribution is 2.61. The van der Waals surface area contributed by atoms with Crippen molar-refractivity contribution in [2.24, 2.45) is 0 Å². The number of benzene rings is 7. The third-order valence-corrected chi connectivity index (χ3v) is 11.7. The lowest BCUT2D eigenvalue weighted by atomic mass is 9.62. The maximum absolute atomic E-state index is 6.96. The highest BCUT2D eigenvalue weighted by molar-refractivity contribution is 6.06. The molecule has 0 bridgehead atoms. The van der Waals surface area contributed by atoms with Crippen molar-refractivity contribution in [2.75, 3.05) is 0 Å². The first-order chi connectivity index (χ1) is 28.2. The van der Waals surface area contributed by atoms with Gasteiger partial charge in [-0.1, -0.05) is 127 Å². The van der Waals surface area contributed by atoms with Gasteiger partial charge >= 0.3 is 0 Å². The number of fused-ring (bicyclic) bond motifs is 14. The minimum absolute atomic E-state index is 0.619. The Labute approximate surface area is 328 Å². The maximum atomic E-state index is 6.96. The van der Waals surface area contributed by atoms with Gasteiger partial charge in [0.25, 0.3) is 0 Å². The molecule has 7 aromatic carbocycles. The molecule has 0 saturated carbocycles. The number of para-hydroxylation sites is 2. The normalized spacial score (nSPS) is 14.9. The van der Waals surface area contributed by atoms with E-state index in [4.69, 9.17) is 19.1 Å². The van der Waals surface area contributed by atoms with E-state index in [1.165, 1.54) is 22.3 Å². The molecule has 0 saturated heterocycles. The van der Waals surface area contributed by atoms with Crippen molar-refractivity contribution in [3.8, 4) is 67.7 Å². The molecule has 1 aliphatic heterocycles. The quantitative estimate of drug-likeness (QED) is 0.181. The predicted octanol–water partition coefficient (Wildman–Crippen LogP) is 12.9.